The zero-order valence-corrected chi connectivity index (χ0v) is 18.3. The van der Waals surface area contributed by atoms with Crippen LogP contribution in [0.5, 0.6) is 0 Å². The first-order valence-corrected chi connectivity index (χ1v) is 11.5. The third kappa shape index (κ3) is 4.58. The summed E-state index contributed by atoms with van der Waals surface area (Å²) in [6, 6.07) is 15.6. The third-order valence-corrected chi connectivity index (χ3v) is 6.42. The summed E-state index contributed by atoms with van der Waals surface area (Å²) < 4.78 is 16.0. The first-order chi connectivity index (χ1) is 16.1. The Morgan fingerprint density at radius 2 is 1.91 bits per heavy atom. The maximum Gasteiger partial charge on any atom is 0.260 e. The number of benzene rings is 2. The number of rotatable bonds is 6. The maximum atomic E-state index is 14.5. The highest BCUT2D eigenvalue weighted by Crippen LogP contribution is 2.40. The minimum absolute atomic E-state index is 0.0407. The van der Waals surface area contributed by atoms with Gasteiger partial charge < -0.3 is 5.32 Å². The molecular formula is C27H25FN4O. The normalized spacial score (nSPS) is 17.5. The van der Waals surface area contributed by atoms with Gasteiger partial charge in [-0.2, -0.15) is 5.26 Å². The Hall–Kier alpha value is -3.72. The molecule has 0 saturated heterocycles. The minimum atomic E-state index is -0.632. The molecule has 1 saturated carbocycles. The molecule has 0 amide bonds. The third-order valence-electron chi connectivity index (χ3n) is 6.42. The molecule has 1 aromatic heterocycles. The summed E-state index contributed by atoms with van der Waals surface area (Å²) in [6.07, 6.45) is 9.96. The second kappa shape index (κ2) is 9.03. The number of nitrogens with zero attached hydrogens (tertiary/aromatic N) is 3. The maximum absolute atomic E-state index is 14.5. The summed E-state index contributed by atoms with van der Waals surface area (Å²) in [4.78, 5) is 18.0. The van der Waals surface area contributed by atoms with Gasteiger partial charge in [-0.05, 0) is 79.8 Å². The van der Waals surface area contributed by atoms with Crippen LogP contribution < -0.4 is 10.9 Å². The van der Waals surface area contributed by atoms with Crippen molar-refractivity contribution in [2.75, 3.05) is 11.9 Å². The van der Waals surface area contributed by atoms with Crippen LogP contribution in [0.4, 0.5) is 10.2 Å². The molecule has 0 spiro atoms. The van der Waals surface area contributed by atoms with E-state index in [2.05, 4.69) is 17.5 Å². The molecule has 0 radical (unpaired) electrons. The van der Waals surface area contributed by atoms with Crippen molar-refractivity contribution in [2.45, 2.75) is 38.0 Å². The van der Waals surface area contributed by atoms with Gasteiger partial charge in [0.25, 0.3) is 5.56 Å². The molecule has 2 aliphatic rings. The number of halogens is 1. The lowest BCUT2D eigenvalue weighted by Gasteiger charge is -2.19. The molecule has 0 unspecified atom stereocenters. The van der Waals surface area contributed by atoms with Gasteiger partial charge in [-0.3, -0.25) is 9.36 Å². The molecule has 166 valence electrons. The van der Waals surface area contributed by atoms with Gasteiger partial charge in [0.1, 0.15) is 23.5 Å². The zero-order valence-electron chi connectivity index (χ0n) is 18.3. The second-order valence-electron chi connectivity index (χ2n) is 8.84. The zero-order chi connectivity index (χ0) is 22.8. The van der Waals surface area contributed by atoms with Crippen LogP contribution in [0.1, 0.15) is 49.1 Å². The van der Waals surface area contributed by atoms with Crippen LogP contribution in [0.15, 0.2) is 65.5 Å². The van der Waals surface area contributed by atoms with Crippen LogP contribution in [0, 0.1) is 23.1 Å². The molecule has 1 heterocycles. The number of hydrogen-bond donors (Lipinski definition) is 1. The van der Waals surface area contributed by atoms with E-state index in [4.69, 9.17) is 10.2 Å². The summed E-state index contributed by atoms with van der Waals surface area (Å²) in [5.41, 5.74) is 2.11. The lowest BCUT2D eigenvalue weighted by molar-refractivity contribution is 0.503. The highest BCUT2D eigenvalue weighted by Gasteiger charge is 2.23. The average molecular weight is 441 g/mol. The second-order valence-corrected chi connectivity index (χ2v) is 8.84. The summed E-state index contributed by atoms with van der Waals surface area (Å²) in [6.45, 7) is 0.720. The SMILES string of the molecule is N#Cc1ccc(-c2nc(NC[C@@H]3CC=CCC3)cc(=O)n2-c2ccc(C3CC3)cc2)cc1F. The quantitative estimate of drug-likeness (QED) is 0.510. The van der Waals surface area contributed by atoms with Gasteiger partial charge in [0, 0.05) is 18.2 Å². The van der Waals surface area contributed by atoms with Gasteiger partial charge in [0.2, 0.25) is 0 Å². The predicted molar refractivity (Wildman–Crippen MR) is 127 cm³/mol. The standard InChI is InChI=1S/C27H25FN4O/c28-24-14-21(8-9-22(24)16-29)27-31-25(30-17-18-4-2-1-3-5-18)15-26(33)32(27)23-12-10-20(11-13-23)19-6-7-19/h1-2,8-15,18-19,30H,3-7,17H2/t18-/m1/s1. The van der Waals surface area contributed by atoms with Crippen molar-refractivity contribution in [3.05, 3.63) is 88.0 Å². The fraction of sp³-hybridized carbons (Fsp3) is 0.296. The number of allylic oxidation sites excluding steroid dienone is 2. The Balaban J connectivity index is 1.55. The van der Waals surface area contributed by atoms with Crippen LogP contribution in [0.25, 0.3) is 17.1 Å². The number of nitriles is 1. The highest BCUT2D eigenvalue weighted by atomic mass is 19.1. The first kappa shape index (κ1) is 21.1. The molecule has 3 aromatic rings. The van der Waals surface area contributed by atoms with Gasteiger partial charge in [-0.15, -0.1) is 0 Å². The van der Waals surface area contributed by atoms with Crippen molar-refractivity contribution >= 4 is 5.82 Å². The van der Waals surface area contributed by atoms with Crippen molar-refractivity contribution in [1.29, 1.82) is 5.26 Å². The van der Waals surface area contributed by atoms with E-state index >= 15 is 0 Å². The number of hydrogen-bond acceptors (Lipinski definition) is 4. The smallest absolute Gasteiger partial charge is 0.260 e. The van der Waals surface area contributed by atoms with Gasteiger partial charge in [-0.25, -0.2) is 9.37 Å². The molecular weight excluding hydrogens is 415 g/mol. The van der Waals surface area contributed by atoms with E-state index in [1.165, 1.54) is 41.2 Å². The number of nitrogens with one attached hydrogen (secondary N) is 1. The summed E-state index contributed by atoms with van der Waals surface area (Å²) >= 11 is 0. The Kier molecular flexibility index (Phi) is 5.78. The molecule has 5 nitrogen and oxygen atoms in total. The first-order valence-electron chi connectivity index (χ1n) is 11.5. The Morgan fingerprint density at radius 1 is 1.09 bits per heavy atom. The molecule has 1 fully saturated rings. The van der Waals surface area contributed by atoms with Crippen molar-refractivity contribution in [2.24, 2.45) is 5.92 Å². The van der Waals surface area contributed by atoms with E-state index in [1.54, 1.807) is 6.07 Å². The molecule has 33 heavy (non-hydrogen) atoms. The average Bonchev–Trinajstić information content (AvgIpc) is 3.69. The van der Waals surface area contributed by atoms with Crippen LogP contribution >= 0.6 is 0 Å². The van der Waals surface area contributed by atoms with Gasteiger partial charge in [-0.1, -0.05) is 24.3 Å². The number of anilines is 1. The fourth-order valence-corrected chi connectivity index (χ4v) is 4.36. The minimum Gasteiger partial charge on any atom is -0.370 e. The molecule has 2 aliphatic carbocycles. The summed E-state index contributed by atoms with van der Waals surface area (Å²) in [5, 5.41) is 12.4. The van der Waals surface area contributed by atoms with Gasteiger partial charge in [0.15, 0.2) is 0 Å². The molecule has 2 aromatic carbocycles. The van der Waals surface area contributed by atoms with Crippen molar-refractivity contribution < 1.29 is 4.39 Å². The molecule has 5 rings (SSSR count). The van der Waals surface area contributed by atoms with Crippen LogP contribution in [0.2, 0.25) is 0 Å². The van der Waals surface area contributed by atoms with Crippen LogP contribution in [0.3, 0.4) is 0 Å². The Morgan fingerprint density at radius 3 is 2.58 bits per heavy atom. The monoisotopic (exact) mass is 440 g/mol. The van der Waals surface area contributed by atoms with E-state index < -0.39 is 5.82 Å². The molecule has 1 atom stereocenters. The summed E-state index contributed by atoms with van der Waals surface area (Å²) in [7, 11) is 0. The molecule has 1 N–H and O–H groups in total. The molecule has 0 aliphatic heterocycles. The van der Waals surface area contributed by atoms with Gasteiger partial charge in [0.05, 0.1) is 11.3 Å². The van der Waals surface area contributed by atoms with Gasteiger partial charge >= 0.3 is 0 Å². The van der Waals surface area contributed by atoms with E-state index in [0.717, 1.165) is 25.8 Å². The van der Waals surface area contributed by atoms with Crippen molar-refractivity contribution in [1.82, 2.24) is 9.55 Å². The highest BCUT2D eigenvalue weighted by molar-refractivity contribution is 5.62. The van der Waals surface area contributed by atoms with Crippen molar-refractivity contribution in [3.8, 4) is 23.1 Å². The summed E-state index contributed by atoms with van der Waals surface area (Å²) in [5.74, 6) is 1.29. The molecule has 6 heteroatoms. The Labute approximate surface area is 192 Å². The van der Waals surface area contributed by atoms with Crippen LogP contribution in [-0.2, 0) is 0 Å². The van der Waals surface area contributed by atoms with E-state index in [9.17, 15) is 9.18 Å². The fourth-order valence-electron chi connectivity index (χ4n) is 4.36. The van der Waals surface area contributed by atoms with E-state index in [0.29, 0.717) is 34.7 Å². The topological polar surface area (TPSA) is 70.7 Å². The van der Waals surface area contributed by atoms with Crippen LogP contribution in [-0.4, -0.2) is 16.1 Å². The lowest BCUT2D eigenvalue weighted by atomic mass is 9.94. The van der Waals surface area contributed by atoms with E-state index in [-0.39, 0.29) is 11.1 Å². The number of aromatic nitrogens is 2. The lowest BCUT2D eigenvalue weighted by Crippen LogP contribution is -2.24. The van der Waals surface area contributed by atoms with E-state index in [1.807, 2.05) is 30.3 Å². The largest absolute Gasteiger partial charge is 0.370 e. The molecule has 0 bridgehead atoms. The predicted octanol–water partition coefficient (Wildman–Crippen LogP) is 5.56. The van der Waals surface area contributed by atoms with Crippen molar-refractivity contribution in [3.63, 3.8) is 0 Å². The Bertz CT molecular complexity index is 1300.